The van der Waals surface area contributed by atoms with Crippen molar-refractivity contribution in [2.75, 3.05) is 19.3 Å². The van der Waals surface area contributed by atoms with Gasteiger partial charge in [0.25, 0.3) is 0 Å². The van der Waals surface area contributed by atoms with E-state index in [-0.39, 0.29) is 0 Å². The molecule has 0 fully saturated rings. The van der Waals surface area contributed by atoms with Crippen molar-refractivity contribution in [3.63, 3.8) is 0 Å². The van der Waals surface area contributed by atoms with Gasteiger partial charge in [-0.05, 0) is 30.6 Å². The molecule has 0 aliphatic carbocycles. The molecule has 0 amide bonds. The Bertz CT molecular complexity index is 261. The second-order valence-corrected chi connectivity index (χ2v) is 3.88. The maximum Gasteiger partial charge on any atom is 0.166 e. The van der Waals surface area contributed by atoms with Gasteiger partial charge in [-0.3, -0.25) is 0 Å². The van der Waals surface area contributed by atoms with Crippen molar-refractivity contribution in [3.8, 4) is 0 Å². The van der Waals surface area contributed by atoms with E-state index in [2.05, 4.69) is 20.8 Å². The Hall–Kier alpha value is -0.820. The third kappa shape index (κ3) is 4.43. The predicted molar refractivity (Wildman–Crippen MR) is 62.2 cm³/mol. The smallest absolute Gasteiger partial charge is 0.166 e. The van der Waals surface area contributed by atoms with Gasteiger partial charge in [0.05, 0.1) is 12.4 Å². The molecule has 0 aliphatic rings. The third-order valence-electron chi connectivity index (χ3n) is 1.44. The maximum atomic E-state index is 4.93. The molecule has 7 heteroatoms. The largest absolute Gasteiger partial charge is 0.366 e. The van der Waals surface area contributed by atoms with Crippen molar-refractivity contribution in [3.05, 3.63) is 12.4 Å². The van der Waals surface area contributed by atoms with E-state index in [0.717, 1.165) is 18.7 Å². The highest BCUT2D eigenvalue weighted by molar-refractivity contribution is 7.97. The first-order valence-corrected chi connectivity index (χ1v) is 5.63. The van der Waals surface area contributed by atoms with Crippen LogP contribution in [0.1, 0.15) is 6.42 Å². The van der Waals surface area contributed by atoms with Crippen molar-refractivity contribution in [1.82, 2.24) is 25.0 Å². The molecule has 1 rings (SSSR count). The lowest BCUT2D eigenvalue weighted by atomic mass is 10.5. The zero-order valence-electron chi connectivity index (χ0n) is 7.93. The van der Waals surface area contributed by atoms with Gasteiger partial charge < -0.3 is 10.6 Å². The summed E-state index contributed by atoms with van der Waals surface area (Å²) in [6.45, 7) is 0.869. The highest BCUT2D eigenvalue weighted by Crippen LogP contribution is 2.01. The summed E-state index contributed by atoms with van der Waals surface area (Å²) >= 11 is 6.50. The molecule has 0 radical (unpaired) electrons. The molecular formula is C7H13N5S2. The summed E-state index contributed by atoms with van der Waals surface area (Å²) < 4.78 is 1.61. The molecule has 0 spiro atoms. The van der Waals surface area contributed by atoms with Crippen LogP contribution in [0.3, 0.4) is 0 Å². The molecule has 0 aliphatic heterocycles. The number of hydrogen-bond acceptors (Lipinski definition) is 4. The molecule has 5 nitrogen and oxygen atoms in total. The van der Waals surface area contributed by atoms with Crippen LogP contribution in [-0.4, -0.2) is 38.9 Å². The van der Waals surface area contributed by atoms with Crippen LogP contribution in [0.15, 0.2) is 12.4 Å². The van der Waals surface area contributed by atoms with Gasteiger partial charge in [0.2, 0.25) is 0 Å². The SMILES string of the molecule is CNC(=S)NCCCSn1nccn1. The number of nitrogens with zero attached hydrogens (tertiary/aromatic N) is 3. The Balaban J connectivity index is 1.97. The fourth-order valence-corrected chi connectivity index (χ4v) is 1.56. The molecule has 1 heterocycles. The summed E-state index contributed by atoms with van der Waals surface area (Å²) in [6.07, 6.45) is 4.36. The van der Waals surface area contributed by atoms with Crippen LogP contribution in [0.25, 0.3) is 0 Å². The van der Waals surface area contributed by atoms with Crippen LogP contribution >= 0.6 is 24.2 Å². The molecular weight excluding hydrogens is 218 g/mol. The molecule has 1 aromatic rings. The van der Waals surface area contributed by atoms with E-state index in [1.807, 2.05) is 0 Å². The lowest BCUT2D eigenvalue weighted by molar-refractivity contribution is 0.819. The van der Waals surface area contributed by atoms with E-state index >= 15 is 0 Å². The predicted octanol–water partition coefficient (Wildman–Crippen LogP) is 0.258. The third-order valence-corrected chi connectivity index (χ3v) is 2.68. The van der Waals surface area contributed by atoms with E-state index in [9.17, 15) is 0 Å². The first-order chi connectivity index (χ1) is 6.83. The Kier molecular flexibility index (Phi) is 5.31. The maximum absolute atomic E-state index is 4.93. The Labute approximate surface area is 92.8 Å². The van der Waals surface area contributed by atoms with Crippen molar-refractivity contribution in [2.24, 2.45) is 0 Å². The summed E-state index contributed by atoms with van der Waals surface area (Å²) in [4.78, 5) is 0. The average Bonchev–Trinajstić information content (AvgIpc) is 2.69. The lowest BCUT2D eigenvalue weighted by Crippen LogP contribution is -2.33. The van der Waals surface area contributed by atoms with Crippen LogP contribution in [0, 0.1) is 0 Å². The van der Waals surface area contributed by atoms with E-state index in [1.54, 1.807) is 35.6 Å². The second-order valence-electron chi connectivity index (χ2n) is 2.47. The summed E-state index contributed by atoms with van der Waals surface area (Å²) in [5, 5.41) is 14.6. The fourth-order valence-electron chi connectivity index (χ4n) is 0.779. The Morgan fingerprint density at radius 1 is 1.50 bits per heavy atom. The number of aromatic nitrogens is 3. The Morgan fingerprint density at radius 2 is 2.21 bits per heavy atom. The van der Waals surface area contributed by atoms with Crippen molar-refractivity contribution in [2.45, 2.75) is 6.42 Å². The summed E-state index contributed by atoms with van der Waals surface area (Å²) in [5.41, 5.74) is 0. The molecule has 0 saturated carbocycles. The van der Waals surface area contributed by atoms with Crippen LogP contribution < -0.4 is 10.6 Å². The fraction of sp³-hybridized carbons (Fsp3) is 0.571. The standard InChI is InChI=1S/C7H13N5S2/c1-8-7(13)9-3-2-6-14-12-10-4-5-11-12/h4-5H,2-3,6H2,1H3,(H2,8,9,13). The zero-order chi connectivity index (χ0) is 10.2. The minimum atomic E-state index is 0.687. The molecule has 0 unspecified atom stereocenters. The first kappa shape index (κ1) is 11.3. The van der Waals surface area contributed by atoms with Crippen LogP contribution in [0.2, 0.25) is 0 Å². The summed E-state index contributed by atoms with van der Waals surface area (Å²) in [6, 6.07) is 0. The van der Waals surface area contributed by atoms with Gasteiger partial charge >= 0.3 is 0 Å². The van der Waals surface area contributed by atoms with Crippen LogP contribution in [-0.2, 0) is 0 Å². The number of rotatable bonds is 5. The molecule has 0 saturated heterocycles. The van der Waals surface area contributed by atoms with Gasteiger partial charge in [0.1, 0.15) is 0 Å². The Morgan fingerprint density at radius 3 is 2.86 bits per heavy atom. The summed E-state index contributed by atoms with van der Waals surface area (Å²) in [5.74, 6) is 0.966. The van der Waals surface area contributed by atoms with Crippen LogP contribution in [0.4, 0.5) is 0 Å². The van der Waals surface area contributed by atoms with E-state index in [4.69, 9.17) is 12.2 Å². The molecule has 0 aromatic carbocycles. The van der Waals surface area contributed by atoms with Gasteiger partial charge in [0.15, 0.2) is 5.11 Å². The molecule has 0 atom stereocenters. The van der Waals surface area contributed by atoms with E-state index in [0.29, 0.717) is 5.11 Å². The van der Waals surface area contributed by atoms with Gasteiger partial charge in [0, 0.05) is 19.3 Å². The van der Waals surface area contributed by atoms with E-state index < -0.39 is 0 Å². The molecule has 14 heavy (non-hydrogen) atoms. The first-order valence-electron chi connectivity index (χ1n) is 4.28. The molecule has 1 aromatic heterocycles. The lowest BCUT2D eigenvalue weighted by Gasteiger charge is -2.05. The van der Waals surface area contributed by atoms with Gasteiger partial charge in [-0.25, -0.2) is 0 Å². The van der Waals surface area contributed by atoms with Crippen molar-refractivity contribution in [1.29, 1.82) is 0 Å². The highest BCUT2D eigenvalue weighted by atomic mass is 32.2. The van der Waals surface area contributed by atoms with E-state index in [1.165, 1.54) is 0 Å². The monoisotopic (exact) mass is 231 g/mol. The van der Waals surface area contributed by atoms with Gasteiger partial charge in [-0.15, -0.1) is 4.20 Å². The van der Waals surface area contributed by atoms with Crippen LogP contribution in [0.5, 0.6) is 0 Å². The van der Waals surface area contributed by atoms with Gasteiger partial charge in [-0.1, -0.05) is 0 Å². The van der Waals surface area contributed by atoms with Crippen molar-refractivity contribution < 1.29 is 0 Å². The van der Waals surface area contributed by atoms with Crippen molar-refractivity contribution >= 4 is 29.3 Å². The molecule has 78 valence electrons. The number of thiocarbonyl (C=S) groups is 1. The number of hydrogen-bond donors (Lipinski definition) is 2. The topological polar surface area (TPSA) is 54.8 Å². The normalized spacial score (nSPS) is 9.79. The minimum Gasteiger partial charge on any atom is -0.366 e. The second kappa shape index (κ2) is 6.61. The molecule has 0 bridgehead atoms. The minimum absolute atomic E-state index is 0.687. The molecule has 2 N–H and O–H groups in total. The highest BCUT2D eigenvalue weighted by Gasteiger charge is 1.94. The quantitative estimate of drug-likeness (QED) is 0.560. The number of nitrogens with one attached hydrogen (secondary N) is 2. The average molecular weight is 231 g/mol. The zero-order valence-corrected chi connectivity index (χ0v) is 9.57. The van der Waals surface area contributed by atoms with Gasteiger partial charge in [-0.2, -0.15) is 10.2 Å². The summed E-state index contributed by atoms with van der Waals surface area (Å²) in [7, 11) is 1.80.